The van der Waals surface area contributed by atoms with E-state index in [1.807, 2.05) is 13.8 Å². The van der Waals surface area contributed by atoms with Crippen molar-refractivity contribution in [3.05, 3.63) is 40.0 Å². The lowest BCUT2D eigenvalue weighted by Gasteiger charge is -2.29. The fourth-order valence-corrected chi connectivity index (χ4v) is 3.03. The standard InChI is InChI=1S/C15H14ClNO3/c1-7-5-12-13(8(2)20-7)14(15(18)19)10-4-3-9(16)6-11(10)17-12/h3-4,6-8H,5H2,1-2H3,(H,18,19). The molecule has 0 saturated carbocycles. The number of carboxylic acids is 1. The summed E-state index contributed by atoms with van der Waals surface area (Å²) in [5.41, 5.74) is 2.38. The molecule has 1 aliphatic heterocycles. The van der Waals surface area contributed by atoms with Gasteiger partial charge in [0.1, 0.15) is 0 Å². The van der Waals surface area contributed by atoms with Crippen LogP contribution in [0.25, 0.3) is 10.9 Å². The Morgan fingerprint density at radius 1 is 1.45 bits per heavy atom. The maximum Gasteiger partial charge on any atom is 0.336 e. The first-order chi connectivity index (χ1) is 9.47. The molecule has 2 unspecified atom stereocenters. The Labute approximate surface area is 121 Å². The highest BCUT2D eigenvalue weighted by Gasteiger charge is 2.30. The van der Waals surface area contributed by atoms with Gasteiger partial charge in [0.15, 0.2) is 0 Å². The summed E-state index contributed by atoms with van der Waals surface area (Å²) < 4.78 is 5.75. The number of fused-ring (bicyclic) bond motifs is 2. The Bertz CT molecular complexity index is 714. The monoisotopic (exact) mass is 291 g/mol. The van der Waals surface area contributed by atoms with Gasteiger partial charge < -0.3 is 9.84 Å². The van der Waals surface area contributed by atoms with Crippen LogP contribution in [0.5, 0.6) is 0 Å². The van der Waals surface area contributed by atoms with Crippen LogP contribution >= 0.6 is 11.6 Å². The fourth-order valence-electron chi connectivity index (χ4n) is 2.86. The highest BCUT2D eigenvalue weighted by Crippen LogP contribution is 2.35. The lowest BCUT2D eigenvalue weighted by molar-refractivity contribution is -0.00661. The van der Waals surface area contributed by atoms with Gasteiger partial charge in [-0.3, -0.25) is 4.98 Å². The van der Waals surface area contributed by atoms with Crippen molar-refractivity contribution in [2.24, 2.45) is 0 Å². The molecule has 20 heavy (non-hydrogen) atoms. The molecule has 104 valence electrons. The van der Waals surface area contributed by atoms with Crippen molar-refractivity contribution in [1.29, 1.82) is 0 Å². The number of carboxylic acid groups (broad SMARTS) is 1. The Kier molecular flexibility index (Phi) is 3.15. The smallest absolute Gasteiger partial charge is 0.336 e. The largest absolute Gasteiger partial charge is 0.478 e. The van der Waals surface area contributed by atoms with Crippen molar-refractivity contribution < 1.29 is 14.6 Å². The molecule has 0 spiro atoms. The Morgan fingerprint density at radius 2 is 2.20 bits per heavy atom. The normalized spacial score (nSPS) is 21.8. The number of aromatic carboxylic acids is 1. The van der Waals surface area contributed by atoms with E-state index < -0.39 is 5.97 Å². The highest BCUT2D eigenvalue weighted by molar-refractivity contribution is 6.31. The van der Waals surface area contributed by atoms with E-state index in [9.17, 15) is 9.90 Å². The van der Waals surface area contributed by atoms with Crippen molar-refractivity contribution in [3.63, 3.8) is 0 Å². The van der Waals surface area contributed by atoms with E-state index in [1.54, 1.807) is 18.2 Å². The van der Waals surface area contributed by atoms with E-state index in [0.29, 0.717) is 27.9 Å². The average Bonchev–Trinajstić information content (AvgIpc) is 2.35. The van der Waals surface area contributed by atoms with Crippen molar-refractivity contribution >= 4 is 28.5 Å². The summed E-state index contributed by atoms with van der Waals surface area (Å²) in [6.45, 7) is 3.83. The Morgan fingerprint density at radius 3 is 2.90 bits per heavy atom. The second-order valence-corrected chi connectivity index (χ2v) is 5.54. The molecular weight excluding hydrogens is 278 g/mol. The Balaban J connectivity index is 2.39. The van der Waals surface area contributed by atoms with Crippen LogP contribution in [0.4, 0.5) is 0 Å². The van der Waals surface area contributed by atoms with Gasteiger partial charge in [-0.25, -0.2) is 4.79 Å². The van der Waals surface area contributed by atoms with E-state index in [1.165, 1.54) is 0 Å². The second kappa shape index (κ2) is 4.72. The van der Waals surface area contributed by atoms with Crippen molar-refractivity contribution in [2.75, 3.05) is 0 Å². The van der Waals surface area contributed by atoms with Crippen molar-refractivity contribution in [2.45, 2.75) is 32.5 Å². The van der Waals surface area contributed by atoms with E-state index in [-0.39, 0.29) is 17.8 Å². The first-order valence-electron chi connectivity index (χ1n) is 6.48. The van der Waals surface area contributed by atoms with Crippen LogP contribution in [0.3, 0.4) is 0 Å². The number of aromatic nitrogens is 1. The zero-order chi connectivity index (χ0) is 14.4. The third-order valence-corrected chi connectivity index (χ3v) is 3.84. The number of ether oxygens (including phenoxy) is 1. The van der Waals surface area contributed by atoms with Gasteiger partial charge in [-0.2, -0.15) is 0 Å². The number of hydrogen-bond acceptors (Lipinski definition) is 3. The molecular formula is C15H14ClNO3. The number of carbonyl (C=O) groups is 1. The van der Waals surface area contributed by atoms with E-state index in [4.69, 9.17) is 16.3 Å². The van der Waals surface area contributed by atoms with E-state index >= 15 is 0 Å². The minimum Gasteiger partial charge on any atom is -0.478 e. The van der Waals surface area contributed by atoms with Crippen LogP contribution in [0, 0.1) is 0 Å². The van der Waals surface area contributed by atoms with Gasteiger partial charge in [-0.15, -0.1) is 0 Å². The van der Waals surface area contributed by atoms with Crippen LogP contribution in [0.1, 0.15) is 41.6 Å². The van der Waals surface area contributed by atoms with E-state index in [2.05, 4.69) is 4.98 Å². The van der Waals surface area contributed by atoms with Crippen molar-refractivity contribution in [1.82, 2.24) is 4.98 Å². The van der Waals surface area contributed by atoms with Crippen LogP contribution in [0.15, 0.2) is 18.2 Å². The first kappa shape index (κ1) is 13.3. The molecule has 0 radical (unpaired) electrons. The summed E-state index contributed by atoms with van der Waals surface area (Å²) in [7, 11) is 0. The lowest BCUT2D eigenvalue weighted by Crippen LogP contribution is -2.26. The van der Waals surface area contributed by atoms with Crippen LogP contribution in [0.2, 0.25) is 5.02 Å². The summed E-state index contributed by atoms with van der Waals surface area (Å²) in [5.74, 6) is -0.957. The quantitative estimate of drug-likeness (QED) is 0.872. The van der Waals surface area contributed by atoms with Gasteiger partial charge in [0.2, 0.25) is 0 Å². The molecule has 0 aliphatic carbocycles. The maximum absolute atomic E-state index is 11.7. The molecule has 1 N–H and O–H groups in total. The number of benzene rings is 1. The molecule has 0 amide bonds. The minimum absolute atomic E-state index is 0.0308. The summed E-state index contributed by atoms with van der Waals surface area (Å²) in [4.78, 5) is 16.3. The summed E-state index contributed by atoms with van der Waals surface area (Å²) in [5, 5.41) is 10.7. The van der Waals surface area contributed by atoms with Crippen LogP contribution < -0.4 is 0 Å². The van der Waals surface area contributed by atoms with Gasteiger partial charge in [0.25, 0.3) is 0 Å². The molecule has 4 nitrogen and oxygen atoms in total. The average molecular weight is 292 g/mol. The molecule has 1 aromatic heterocycles. The molecule has 0 bridgehead atoms. The third kappa shape index (κ3) is 2.05. The third-order valence-electron chi connectivity index (χ3n) is 3.60. The van der Waals surface area contributed by atoms with Gasteiger partial charge in [-0.05, 0) is 26.0 Å². The molecule has 1 aromatic carbocycles. The van der Waals surface area contributed by atoms with Crippen molar-refractivity contribution in [3.8, 4) is 0 Å². The summed E-state index contributed by atoms with van der Waals surface area (Å²) in [6, 6.07) is 5.09. The molecule has 3 rings (SSSR count). The van der Waals surface area contributed by atoms with Gasteiger partial charge >= 0.3 is 5.97 Å². The summed E-state index contributed by atoms with van der Waals surface area (Å²) >= 11 is 5.98. The van der Waals surface area contributed by atoms with Crippen LogP contribution in [-0.4, -0.2) is 22.2 Å². The number of hydrogen-bond donors (Lipinski definition) is 1. The zero-order valence-corrected chi connectivity index (χ0v) is 11.9. The first-order valence-corrected chi connectivity index (χ1v) is 6.86. The Hall–Kier alpha value is -1.65. The molecule has 0 saturated heterocycles. The molecule has 2 aromatic rings. The number of pyridine rings is 1. The minimum atomic E-state index is -0.957. The maximum atomic E-state index is 11.7. The topological polar surface area (TPSA) is 59.4 Å². The predicted molar refractivity (Wildman–Crippen MR) is 76.4 cm³/mol. The SMILES string of the molecule is CC1Cc2nc3cc(Cl)ccc3c(C(=O)O)c2C(C)O1. The predicted octanol–water partition coefficient (Wildman–Crippen LogP) is 3.61. The van der Waals surface area contributed by atoms with E-state index in [0.717, 1.165) is 5.69 Å². The molecule has 0 fully saturated rings. The number of nitrogens with zero attached hydrogens (tertiary/aromatic N) is 1. The molecule has 2 heterocycles. The number of halogens is 1. The summed E-state index contributed by atoms with van der Waals surface area (Å²) in [6.07, 6.45) is 0.373. The zero-order valence-electron chi connectivity index (χ0n) is 11.2. The van der Waals surface area contributed by atoms with Crippen LogP contribution in [-0.2, 0) is 11.2 Å². The number of rotatable bonds is 1. The van der Waals surface area contributed by atoms with Gasteiger partial charge in [-0.1, -0.05) is 17.7 Å². The fraction of sp³-hybridized carbons (Fsp3) is 0.333. The molecule has 2 atom stereocenters. The molecule has 1 aliphatic rings. The van der Waals surface area contributed by atoms with Gasteiger partial charge in [0.05, 0.1) is 29.0 Å². The van der Waals surface area contributed by atoms with Gasteiger partial charge in [0, 0.05) is 22.4 Å². The highest BCUT2D eigenvalue weighted by atomic mass is 35.5. The molecule has 5 heteroatoms. The second-order valence-electron chi connectivity index (χ2n) is 5.11. The lowest BCUT2D eigenvalue weighted by atomic mass is 9.92.